The molecule has 2 rings (SSSR count). The molecular weight excluding hydrogens is 315 g/mol. The second kappa shape index (κ2) is 6.32. The maximum Gasteiger partial charge on any atom is 0.340 e. The van der Waals surface area contributed by atoms with Crippen LogP contribution in [0.1, 0.15) is 15.2 Å². The minimum atomic E-state index is -0.596. The van der Waals surface area contributed by atoms with Crippen molar-refractivity contribution in [1.82, 2.24) is 0 Å². The van der Waals surface area contributed by atoms with Crippen molar-refractivity contribution in [3.8, 4) is 0 Å². The second-order valence-corrected chi connectivity index (χ2v) is 6.24. The van der Waals surface area contributed by atoms with Crippen LogP contribution in [0.4, 0.5) is 15.8 Å². The van der Waals surface area contributed by atoms with Crippen LogP contribution in [-0.4, -0.2) is 20.1 Å². The molecular formula is C14H14ClFN2O2S. The summed E-state index contributed by atoms with van der Waals surface area (Å²) in [6, 6.07) is 6.18. The molecule has 1 aromatic carbocycles. The van der Waals surface area contributed by atoms with E-state index in [1.54, 1.807) is 18.0 Å². The molecule has 0 spiro atoms. The van der Waals surface area contributed by atoms with E-state index in [1.165, 1.54) is 24.5 Å². The van der Waals surface area contributed by atoms with Gasteiger partial charge in [-0.25, -0.2) is 9.18 Å². The van der Waals surface area contributed by atoms with Crippen LogP contribution in [0.3, 0.4) is 0 Å². The molecule has 0 radical (unpaired) electrons. The number of esters is 1. The largest absolute Gasteiger partial charge is 0.465 e. The first-order valence-corrected chi connectivity index (χ1v) is 7.24. The molecule has 0 unspecified atom stereocenters. The van der Waals surface area contributed by atoms with E-state index < -0.39 is 11.8 Å². The van der Waals surface area contributed by atoms with Gasteiger partial charge in [0.2, 0.25) is 0 Å². The Balaban J connectivity index is 2.31. The van der Waals surface area contributed by atoms with Gasteiger partial charge in [0.15, 0.2) is 0 Å². The smallest absolute Gasteiger partial charge is 0.340 e. The summed E-state index contributed by atoms with van der Waals surface area (Å²) >= 11 is 7.30. The number of benzene rings is 1. The van der Waals surface area contributed by atoms with Gasteiger partial charge in [-0.05, 0) is 24.3 Å². The van der Waals surface area contributed by atoms with Crippen LogP contribution < -0.4 is 10.6 Å². The van der Waals surface area contributed by atoms with Crippen LogP contribution in [0, 0.1) is 5.82 Å². The molecule has 0 saturated carbocycles. The topological polar surface area (TPSA) is 55.6 Å². The fraction of sp³-hybridized carbons (Fsp3) is 0.214. The van der Waals surface area contributed by atoms with E-state index in [0.29, 0.717) is 10.9 Å². The molecule has 4 nitrogen and oxygen atoms in total. The lowest BCUT2D eigenvalue weighted by Crippen LogP contribution is -2.18. The summed E-state index contributed by atoms with van der Waals surface area (Å²) in [5.74, 6) is -1.09. The molecule has 2 aromatic rings. The third kappa shape index (κ3) is 3.46. The Hall–Kier alpha value is -1.79. The van der Waals surface area contributed by atoms with Gasteiger partial charge in [-0.3, -0.25) is 0 Å². The fourth-order valence-electron chi connectivity index (χ4n) is 1.91. The fourth-order valence-corrected chi connectivity index (χ4v) is 3.05. The number of hydrogen-bond donors (Lipinski definition) is 1. The van der Waals surface area contributed by atoms with E-state index in [-0.39, 0.29) is 16.9 Å². The first kappa shape index (κ1) is 15.6. The number of nitrogens with zero attached hydrogens (tertiary/aromatic N) is 1. The lowest BCUT2D eigenvalue weighted by atomic mass is 10.1. The summed E-state index contributed by atoms with van der Waals surface area (Å²) in [6.07, 6.45) is 0. The van der Waals surface area contributed by atoms with E-state index in [9.17, 15) is 9.18 Å². The maximum absolute atomic E-state index is 14.1. The summed E-state index contributed by atoms with van der Waals surface area (Å²) in [6.45, 7) is 0.471. The minimum absolute atomic E-state index is 0.0515. The van der Waals surface area contributed by atoms with Crippen molar-refractivity contribution < 1.29 is 13.9 Å². The highest BCUT2D eigenvalue weighted by Gasteiger charge is 2.17. The Labute approximate surface area is 130 Å². The number of carbonyl (C=O) groups is 1. The van der Waals surface area contributed by atoms with Gasteiger partial charge in [0.25, 0.3) is 0 Å². The SMILES string of the molecule is COC(=O)c1cc(N(C)Cc2ccc(Cl)s2)c(F)cc1N. The minimum Gasteiger partial charge on any atom is -0.465 e. The van der Waals surface area contributed by atoms with Crippen molar-refractivity contribution in [3.63, 3.8) is 0 Å². The predicted octanol–water partition coefficient (Wildman–Crippen LogP) is 3.55. The van der Waals surface area contributed by atoms with Crippen LogP contribution in [-0.2, 0) is 11.3 Å². The van der Waals surface area contributed by atoms with Crippen LogP contribution in [0.2, 0.25) is 4.34 Å². The number of anilines is 2. The third-order valence-corrected chi connectivity index (χ3v) is 4.17. The standard InChI is InChI=1S/C14H14ClFN2O2S/c1-18(7-8-3-4-13(15)21-8)12-5-9(14(19)20-2)11(17)6-10(12)16/h3-6H,7,17H2,1-2H3. The molecule has 0 aliphatic heterocycles. The van der Waals surface area contributed by atoms with Crippen LogP contribution in [0.5, 0.6) is 0 Å². The van der Waals surface area contributed by atoms with Gasteiger partial charge in [-0.2, -0.15) is 0 Å². The van der Waals surface area contributed by atoms with Crippen LogP contribution >= 0.6 is 22.9 Å². The molecule has 1 aromatic heterocycles. The van der Waals surface area contributed by atoms with E-state index in [2.05, 4.69) is 4.74 Å². The van der Waals surface area contributed by atoms with Crippen molar-refractivity contribution in [3.05, 3.63) is 44.9 Å². The summed E-state index contributed by atoms with van der Waals surface area (Å²) < 4.78 is 19.4. The lowest BCUT2D eigenvalue weighted by Gasteiger charge is -2.20. The van der Waals surface area contributed by atoms with E-state index in [0.717, 1.165) is 10.9 Å². The van der Waals surface area contributed by atoms with Gasteiger partial charge in [0.05, 0.1) is 29.2 Å². The summed E-state index contributed by atoms with van der Waals surface area (Å²) in [5.41, 5.74) is 6.12. The van der Waals surface area contributed by atoms with Crippen molar-refractivity contribution in [2.75, 3.05) is 24.8 Å². The highest BCUT2D eigenvalue weighted by atomic mass is 35.5. The van der Waals surface area contributed by atoms with Gasteiger partial charge in [0.1, 0.15) is 5.82 Å². The maximum atomic E-state index is 14.1. The molecule has 0 saturated heterocycles. The number of carbonyl (C=O) groups excluding carboxylic acids is 1. The number of rotatable bonds is 4. The normalized spacial score (nSPS) is 10.5. The monoisotopic (exact) mass is 328 g/mol. The van der Waals surface area contributed by atoms with Crippen LogP contribution in [0.25, 0.3) is 0 Å². The molecule has 21 heavy (non-hydrogen) atoms. The van der Waals surface area contributed by atoms with Gasteiger partial charge >= 0.3 is 5.97 Å². The Morgan fingerprint density at radius 1 is 1.48 bits per heavy atom. The zero-order valence-electron chi connectivity index (χ0n) is 11.5. The van der Waals surface area contributed by atoms with Crippen molar-refractivity contribution in [1.29, 1.82) is 0 Å². The molecule has 0 aliphatic carbocycles. The van der Waals surface area contributed by atoms with E-state index in [1.807, 2.05) is 6.07 Å². The summed E-state index contributed by atoms with van der Waals surface area (Å²) in [7, 11) is 2.98. The van der Waals surface area contributed by atoms with Crippen LogP contribution in [0.15, 0.2) is 24.3 Å². The molecule has 7 heteroatoms. The van der Waals surface area contributed by atoms with Crippen molar-refractivity contribution in [2.45, 2.75) is 6.54 Å². The number of hydrogen-bond acceptors (Lipinski definition) is 5. The Bertz CT molecular complexity index is 675. The Kier molecular flexibility index (Phi) is 4.69. The first-order chi connectivity index (χ1) is 9.92. The molecule has 112 valence electrons. The number of ether oxygens (including phenoxy) is 1. The average molecular weight is 329 g/mol. The number of nitrogens with two attached hydrogens (primary N) is 1. The zero-order chi connectivity index (χ0) is 15.6. The molecule has 0 atom stereocenters. The number of nitrogen functional groups attached to an aromatic ring is 1. The molecule has 2 N–H and O–H groups in total. The summed E-state index contributed by atoms with van der Waals surface area (Å²) in [5, 5.41) is 0. The Morgan fingerprint density at radius 2 is 2.19 bits per heavy atom. The molecule has 1 heterocycles. The average Bonchev–Trinajstić information content (AvgIpc) is 2.83. The Morgan fingerprint density at radius 3 is 2.76 bits per heavy atom. The van der Waals surface area contributed by atoms with Gasteiger partial charge < -0.3 is 15.4 Å². The third-order valence-electron chi connectivity index (χ3n) is 2.96. The molecule has 0 bridgehead atoms. The quantitative estimate of drug-likeness (QED) is 0.689. The van der Waals surface area contributed by atoms with Crippen molar-refractivity contribution in [2.24, 2.45) is 0 Å². The lowest BCUT2D eigenvalue weighted by molar-refractivity contribution is 0.0602. The van der Waals surface area contributed by atoms with Crippen molar-refractivity contribution >= 4 is 40.3 Å². The van der Waals surface area contributed by atoms with Gasteiger partial charge in [-0.1, -0.05) is 11.6 Å². The highest BCUT2D eigenvalue weighted by Crippen LogP contribution is 2.28. The zero-order valence-corrected chi connectivity index (χ0v) is 13.1. The van der Waals surface area contributed by atoms with Gasteiger partial charge in [-0.15, -0.1) is 11.3 Å². The molecule has 0 aliphatic rings. The van der Waals surface area contributed by atoms with E-state index in [4.69, 9.17) is 17.3 Å². The molecule has 0 amide bonds. The molecule has 0 fully saturated rings. The number of halogens is 2. The summed E-state index contributed by atoms with van der Waals surface area (Å²) in [4.78, 5) is 14.3. The van der Waals surface area contributed by atoms with E-state index >= 15 is 0 Å². The second-order valence-electron chi connectivity index (χ2n) is 4.44. The highest BCUT2D eigenvalue weighted by molar-refractivity contribution is 7.16. The number of thiophene rings is 1. The van der Waals surface area contributed by atoms with Gasteiger partial charge in [0, 0.05) is 17.6 Å². The first-order valence-electron chi connectivity index (χ1n) is 6.05. The number of methoxy groups -OCH3 is 1. The predicted molar refractivity (Wildman–Crippen MR) is 83.6 cm³/mol.